The fourth-order valence-electron chi connectivity index (χ4n) is 2.65. The Balaban J connectivity index is 1.66. The van der Waals surface area contributed by atoms with Gasteiger partial charge in [-0.15, -0.1) is 0 Å². The van der Waals surface area contributed by atoms with Gasteiger partial charge in [0.05, 0.1) is 14.2 Å². The molecule has 3 aromatic rings. The Morgan fingerprint density at radius 3 is 2.29 bits per heavy atom. The van der Waals surface area contributed by atoms with Crippen LogP contribution in [0.15, 0.2) is 60.9 Å². The number of amides is 1. The summed E-state index contributed by atoms with van der Waals surface area (Å²) in [6.45, 7) is 0.440. The number of nitrogens with zero attached hydrogens (tertiary/aromatic N) is 3. The Labute approximate surface area is 163 Å². The Bertz CT molecular complexity index is 930. The van der Waals surface area contributed by atoms with Gasteiger partial charge in [0.25, 0.3) is 5.91 Å². The molecule has 0 spiro atoms. The SMILES string of the molecule is COc1ccc(CN(C)C(=O)c2ccc(Oc3ncccn3)cc2)cc1OC. The van der Waals surface area contributed by atoms with E-state index in [2.05, 4.69) is 9.97 Å². The van der Waals surface area contributed by atoms with Gasteiger partial charge in [-0.25, -0.2) is 9.97 Å². The van der Waals surface area contributed by atoms with Crippen LogP contribution in [0.5, 0.6) is 23.3 Å². The summed E-state index contributed by atoms with van der Waals surface area (Å²) in [5.74, 6) is 1.74. The van der Waals surface area contributed by atoms with E-state index in [1.807, 2.05) is 18.2 Å². The van der Waals surface area contributed by atoms with Crippen molar-refractivity contribution in [2.45, 2.75) is 6.54 Å². The normalized spacial score (nSPS) is 10.2. The summed E-state index contributed by atoms with van der Waals surface area (Å²) in [7, 11) is 4.92. The molecular weight excluding hydrogens is 358 g/mol. The van der Waals surface area contributed by atoms with Crippen molar-refractivity contribution in [1.82, 2.24) is 14.9 Å². The van der Waals surface area contributed by atoms with Crippen molar-refractivity contribution in [3.05, 3.63) is 72.1 Å². The molecular formula is C21H21N3O4. The second-order valence-corrected chi connectivity index (χ2v) is 6.01. The quantitative estimate of drug-likeness (QED) is 0.625. The molecule has 1 aromatic heterocycles. The average molecular weight is 379 g/mol. The molecule has 7 heteroatoms. The summed E-state index contributed by atoms with van der Waals surface area (Å²) < 4.78 is 16.1. The molecule has 28 heavy (non-hydrogen) atoms. The molecule has 1 heterocycles. The van der Waals surface area contributed by atoms with Gasteiger partial charge in [-0.2, -0.15) is 0 Å². The molecule has 0 fully saturated rings. The van der Waals surface area contributed by atoms with Crippen molar-refractivity contribution >= 4 is 5.91 Å². The smallest absolute Gasteiger partial charge is 0.321 e. The van der Waals surface area contributed by atoms with E-state index in [1.54, 1.807) is 68.9 Å². The highest BCUT2D eigenvalue weighted by Crippen LogP contribution is 2.28. The van der Waals surface area contributed by atoms with Gasteiger partial charge in [0.15, 0.2) is 11.5 Å². The molecule has 1 amide bonds. The first-order valence-corrected chi connectivity index (χ1v) is 8.62. The third-order valence-corrected chi connectivity index (χ3v) is 4.07. The topological polar surface area (TPSA) is 73.8 Å². The number of benzene rings is 2. The summed E-state index contributed by atoms with van der Waals surface area (Å²) in [6, 6.07) is 14.4. The highest BCUT2D eigenvalue weighted by Gasteiger charge is 2.14. The molecule has 0 bridgehead atoms. The largest absolute Gasteiger partial charge is 0.493 e. The molecule has 0 unspecified atom stereocenters. The van der Waals surface area contributed by atoms with E-state index in [1.165, 1.54) is 0 Å². The van der Waals surface area contributed by atoms with Gasteiger partial charge >= 0.3 is 6.01 Å². The van der Waals surface area contributed by atoms with Gasteiger partial charge in [0, 0.05) is 31.5 Å². The minimum Gasteiger partial charge on any atom is -0.493 e. The lowest BCUT2D eigenvalue weighted by Crippen LogP contribution is -2.26. The van der Waals surface area contributed by atoms with Crippen LogP contribution >= 0.6 is 0 Å². The molecule has 0 N–H and O–H groups in total. The van der Waals surface area contributed by atoms with Crippen LogP contribution in [-0.4, -0.2) is 42.0 Å². The lowest BCUT2D eigenvalue weighted by molar-refractivity contribution is 0.0785. The van der Waals surface area contributed by atoms with E-state index >= 15 is 0 Å². The first kappa shape index (κ1) is 19.2. The molecule has 0 aliphatic carbocycles. The zero-order chi connectivity index (χ0) is 19.9. The third-order valence-electron chi connectivity index (χ3n) is 4.07. The van der Waals surface area contributed by atoms with E-state index < -0.39 is 0 Å². The first-order valence-electron chi connectivity index (χ1n) is 8.62. The van der Waals surface area contributed by atoms with Crippen LogP contribution in [0.25, 0.3) is 0 Å². The molecule has 0 atom stereocenters. The molecule has 0 radical (unpaired) electrons. The summed E-state index contributed by atoms with van der Waals surface area (Å²) >= 11 is 0. The van der Waals surface area contributed by atoms with E-state index in [0.29, 0.717) is 29.4 Å². The summed E-state index contributed by atoms with van der Waals surface area (Å²) in [5.41, 5.74) is 1.50. The number of aromatic nitrogens is 2. The number of carbonyl (C=O) groups excluding carboxylic acids is 1. The van der Waals surface area contributed by atoms with Crippen LogP contribution in [0.3, 0.4) is 0 Å². The van der Waals surface area contributed by atoms with E-state index in [0.717, 1.165) is 5.56 Å². The standard InChI is InChI=1S/C21H21N3O4/c1-24(14-15-5-10-18(26-2)19(13-15)27-3)20(25)16-6-8-17(9-7-16)28-21-22-11-4-12-23-21/h4-13H,14H2,1-3H3. The second-order valence-electron chi connectivity index (χ2n) is 6.01. The van der Waals surface area contributed by atoms with Crippen molar-refractivity contribution in [1.29, 1.82) is 0 Å². The van der Waals surface area contributed by atoms with Crippen LogP contribution in [0, 0.1) is 0 Å². The lowest BCUT2D eigenvalue weighted by Gasteiger charge is -2.18. The predicted molar refractivity (Wildman–Crippen MR) is 104 cm³/mol. The maximum atomic E-state index is 12.7. The Morgan fingerprint density at radius 2 is 1.64 bits per heavy atom. The first-order chi connectivity index (χ1) is 13.6. The Hall–Kier alpha value is -3.61. The minimum absolute atomic E-state index is 0.0997. The maximum Gasteiger partial charge on any atom is 0.321 e. The molecule has 7 nitrogen and oxygen atoms in total. The number of hydrogen-bond donors (Lipinski definition) is 0. The molecule has 3 rings (SSSR count). The number of ether oxygens (including phenoxy) is 3. The molecule has 0 saturated heterocycles. The van der Waals surface area contributed by atoms with Gasteiger partial charge in [-0.05, 0) is 48.0 Å². The lowest BCUT2D eigenvalue weighted by atomic mass is 10.1. The molecule has 0 saturated carbocycles. The Morgan fingerprint density at radius 1 is 0.964 bits per heavy atom. The summed E-state index contributed by atoms with van der Waals surface area (Å²) in [6.07, 6.45) is 3.20. The van der Waals surface area contributed by atoms with Crippen LogP contribution in [0.2, 0.25) is 0 Å². The highest BCUT2D eigenvalue weighted by atomic mass is 16.5. The van der Waals surface area contributed by atoms with Gasteiger partial charge in [-0.3, -0.25) is 4.79 Å². The fourth-order valence-corrected chi connectivity index (χ4v) is 2.65. The number of methoxy groups -OCH3 is 2. The number of hydrogen-bond acceptors (Lipinski definition) is 6. The number of rotatable bonds is 7. The van der Waals surface area contributed by atoms with Gasteiger partial charge < -0.3 is 19.1 Å². The Kier molecular flexibility index (Phi) is 6.06. The minimum atomic E-state index is -0.0997. The van der Waals surface area contributed by atoms with Crippen LogP contribution in [0.1, 0.15) is 15.9 Å². The monoisotopic (exact) mass is 379 g/mol. The fraction of sp³-hybridized carbons (Fsp3) is 0.190. The van der Waals surface area contributed by atoms with Gasteiger partial charge in [0.1, 0.15) is 5.75 Å². The zero-order valence-electron chi connectivity index (χ0n) is 16.0. The molecule has 0 aliphatic rings. The van der Waals surface area contributed by atoms with Crippen molar-refractivity contribution in [2.75, 3.05) is 21.3 Å². The van der Waals surface area contributed by atoms with Crippen LogP contribution in [-0.2, 0) is 6.54 Å². The molecule has 0 aliphatic heterocycles. The van der Waals surface area contributed by atoms with Crippen LogP contribution < -0.4 is 14.2 Å². The number of carbonyl (C=O) groups is 1. The molecule has 144 valence electrons. The molecule has 2 aromatic carbocycles. The summed E-state index contributed by atoms with van der Waals surface area (Å²) in [4.78, 5) is 22.3. The highest BCUT2D eigenvalue weighted by molar-refractivity contribution is 5.94. The van der Waals surface area contributed by atoms with Gasteiger partial charge in [0.2, 0.25) is 0 Å². The van der Waals surface area contributed by atoms with Gasteiger partial charge in [-0.1, -0.05) is 6.07 Å². The predicted octanol–water partition coefficient (Wildman–Crippen LogP) is 3.56. The van der Waals surface area contributed by atoms with Crippen LogP contribution in [0.4, 0.5) is 0 Å². The van der Waals surface area contributed by atoms with E-state index in [4.69, 9.17) is 14.2 Å². The van der Waals surface area contributed by atoms with E-state index in [-0.39, 0.29) is 11.9 Å². The van der Waals surface area contributed by atoms with Crippen molar-refractivity contribution in [3.63, 3.8) is 0 Å². The van der Waals surface area contributed by atoms with E-state index in [9.17, 15) is 4.79 Å². The third kappa shape index (κ3) is 4.56. The van der Waals surface area contributed by atoms with Crippen molar-refractivity contribution < 1.29 is 19.0 Å². The summed E-state index contributed by atoms with van der Waals surface area (Å²) in [5, 5.41) is 0. The van der Waals surface area contributed by atoms with Crippen molar-refractivity contribution in [3.8, 4) is 23.3 Å². The average Bonchev–Trinajstić information content (AvgIpc) is 2.74. The maximum absolute atomic E-state index is 12.7. The van der Waals surface area contributed by atoms with Crippen molar-refractivity contribution in [2.24, 2.45) is 0 Å². The zero-order valence-corrected chi connectivity index (χ0v) is 16.0. The second kappa shape index (κ2) is 8.85.